The first-order valence-corrected chi connectivity index (χ1v) is 9.70. The van der Waals surface area contributed by atoms with E-state index in [1.54, 1.807) is 12.2 Å². The summed E-state index contributed by atoms with van der Waals surface area (Å²) in [5, 5.41) is 31.9. The lowest BCUT2D eigenvalue weighted by atomic mass is 9.49. The highest BCUT2D eigenvalue weighted by Crippen LogP contribution is 2.63. The first kappa shape index (κ1) is 18.1. The molecule has 3 N–H and O–H groups in total. The highest BCUT2D eigenvalue weighted by molar-refractivity contribution is 6.01. The molecule has 8 atom stereocenters. The molecule has 0 radical (unpaired) electrons. The lowest BCUT2D eigenvalue weighted by Gasteiger charge is -2.57. The Morgan fingerprint density at radius 1 is 1.38 bits per heavy atom. The van der Waals surface area contributed by atoms with Crippen molar-refractivity contribution in [3.05, 3.63) is 23.8 Å². The number of Topliss-reactive ketones (excluding diaryl/α,β-unsaturated/α-hetero) is 1. The van der Waals surface area contributed by atoms with Crippen LogP contribution in [0.3, 0.4) is 0 Å². The molecule has 0 saturated heterocycles. The van der Waals surface area contributed by atoms with E-state index >= 15 is 0 Å². The quantitative estimate of drug-likeness (QED) is 0.692. The van der Waals surface area contributed by atoms with Gasteiger partial charge in [-0.3, -0.25) is 9.59 Å². The van der Waals surface area contributed by atoms with Crippen molar-refractivity contribution in [3.8, 4) is 0 Å². The van der Waals surface area contributed by atoms with Crippen LogP contribution < -0.4 is 0 Å². The van der Waals surface area contributed by atoms with Gasteiger partial charge in [0.25, 0.3) is 0 Å². The first-order chi connectivity index (χ1) is 12.2. The number of allylic oxidation sites excluding steroid dienone is 4. The second-order valence-electron chi connectivity index (χ2n) is 9.10. The van der Waals surface area contributed by atoms with E-state index in [0.717, 1.165) is 24.8 Å². The van der Waals surface area contributed by atoms with Gasteiger partial charge in [0.15, 0.2) is 11.6 Å². The molecule has 0 amide bonds. The molecule has 0 aliphatic heterocycles. The van der Waals surface area contributed by atoms with E-state index < -0.39 is 24.2 Å². The lowest BCUT2D eigenvalue weighted by Crippen LogP contribution is -2.60. The monoisotopic (exact) mass is 360 g/mol. The summed E-state index contributed by atoms with van der Waals surface area (Å²) in [4.78, 5) is 24.1. The lowest BCUT2D eigenvalue weighted by molar-refractivity contribution is -0.175. The Morgan fingerprint density at radius 2 is 2.12 bits per heavy atom. The summed E-state index contributed by atoms with van der Waals surface area (Å²) in [5.41, 5.74) is -0.546. The fourth-order valence-corrected chi connectivity index (χ4v) is 6.93. The fourth-order valence-electron chi connectivity index (χ4n) is 6.93. The van der Waals surface area contributed by atoms with Crippen LogP contribution in [0, 0.1) is 35.0 Å². The summed E-state index contributed by atoms with van der Waals surface area (Å²) in [6.45, 7) is 3.48. The van der Waals surface area contributed by atoms with Crippen LogP contribution >= 0.6 is 0 Å². The molecule has 5 heteroatoms. The molecule has 3 fully saturated rings. The van der Waals surface area contributed by atoms with Gasteiger partial charge in [-0.1, -0.05) is 25.5 Å². The summed E-state index contributed by atoms with van der Waals surface area (Å²) in [7, 11) is 0. The topological polar surface area (TPSA) is 94.8 Å². The number of ketones is 2. The molecule has 0 bridgehead atoms. The molecule has 4 aliphatic carbocycles. The van der Waals surface area contributed by atoms with Crippen LogP contribution in [0.25, 0.3) is 0 Å². The van der Waals surface area contributed by atoms with Gasteiger partial charge in [-0.25, -0.2) is 0 Å². The van der Waals surface area contributed by atoms with Crippen LogP contribution in [0.2, 0.25) is 0 Å². The van der Waals surface area contributed by atoms with Gasteiger partial charge in [0.1, 0.15) is 6.61 Å². The smallest absolute Gasteiger partial charge is 0.178 e. The van der Waals surface area contributed by atoms with E-state index in [0.29, 0.717) is 0 Å². The molecule has 0 aromatic rings. The van der Waals surface area contributed by atoms with E-state index in [-0.39, 0.29) is 47.1 Å². The van der Waals surface area contributed by atoms with Gasteiger partial charge in [-0.15, -0.1) is 0 Å². The molecule has 6 unspecified atom stereocenters. The predicted molar refractivity (Wildman–Crippen MR) is 95.0 cm³/mol. The third kappa shape index (κ3) is 2.26. The zero-order valence-corrected chi connectivity index (χ0v) is 15.4. The standard InChI is InChI=1S/C21H28O5/c1-11-7-15-14-4-3-12-8-13(23)5-6-20(12,2)19(14)16(24)9-21(15,26)18(11)17(25)10-22/h5-6,8,11,14-16,18-19,22,24,26H,3-4,7,9-10H2,1-2H3/t11-,14?,15?,16?,18-,19?,20?,21?/m1/s1. The second kappa shape index (κ2) is 5.85. The molecule has 0 spiro atoms. The van der Waals surface area contributed by atoms with E-state index in [4.69, 9.17) is 0 Å². The zero-order valence-electron chi connectivity index (χ0n) is 15.4. The Kier molecular flexibility index (Phi) is 4.07. The van der Waals surface area contributed by atoms with Crippen LogP contribution in [-0.4, -0.2) is 45.2 Å². The number of aliphatic hydroxyl groups excluding tert-OH is 2. The number of aliphatic hydroxyl groups is 3. The fraction of sp³-hybridized carbons (Fsp3) is 0.714. The Balaban J connectivity index is 1.74. The second-order valence-corrected chi connectivity index (χ2v) is 9.10. The molecular weight excluding hydrogens is 332 g/mol. The molecule has 26 heavy (non-hydrogen) atoms. The number of hydrogen-bond donors (Lipinski definition) is 3. The third-order valence-electron chi connectivity index (χ3n) is 7.85. The van der Waals surface area contributed by atoms with Gasteiger partial charge in [-0.05, 0) is 49.2 Å². The molecule has 4 aliphatic rings. The maximum atomic E-state index is 12.3. The molecular formula is C21H28O5. The van der Waals surface area contributed by atoms with Crippen molar-refractivity contribution in [1.82, 2.24) is 0 Å². The van der Waals surface area contributed by atoms with E-state index in [1.807, 2.05) is 13.0 Å². The van der Waals surface area contributed by atoms with Gasteiger partial charge in [0, 0.05) is 17.8 Å². The van der Waals surface area contributed by atoms with Gasteiger partial charge in [0.05, 0.1) is 17.6 Å². The molecule has 0 heterocycles. The zero-order chi connectivity index (χ0) is 18.9. The average Bonchev–Trinajstić information content (AvgIpc) is 2.84. The summed E-state index contributed by atoms with van der Waals surface area (Å²) < 4.78 is 0. The number of rotatable bonds is 2. The SMILES string of the molecule is C[C@@H]1CC2C3CCC4=CC(=O)C=CC4(C)C3C(O)CC2(O)[C@H]1C(=O)CO. The molecule has 4 rings (SSSR count). The minimum atomic E-state index is -1.24. The molecule has 3 saturated carbocycles. The summed E-state index contributed by atoms with van der Waals surface area (Å²) >= 11 is 0. The Hall–Kier alpha value is -1.30. The van der Waals surface area contributed by atoms with Crippen molar-refractivity contribution in [1.29, 1.82) is 0 Å². The Morgan fingerprint density at radius 3 is 2.81 bits per heavy atom. The molecule has 142 valence electrons. The maximum Gasteiger partial charge on any atom is 0.178 e. The van der Waals surface area contributed by atoms with Gasteiger partial charge >= 0.3 is 0 Å². The van der Waals surface area contributed by atoms with Crippen LogP contribution in [-0.2, 0) is 9.59 Å². The summed E-state index contributed by atoms with van der Waals surface area (Å²) in [6, 6.07) is 0. The van der Waals surface area contributed by atoms with Crippen LogP contribution in [0.4, 0.5) is 0 Å². The minimum Gasteiger partial charge on any atom is -0.393 e. The number of carbonyl (C=O) groups is 2. The van der Waals surface area contributed by atoms with E-state index in [2.05, 4.69) is 6.92 Å². The number of fused-ring (bicyclic) bond motifs is 5. The molecule has 0 aromatic heterocycles. The average molecular weight is 360 g/mol. The van der Waals surface area contributed by atoms with Gasteiger partial charge in [-0.2, -0.15) is 0 Å². The molecule has 0 aromatic carbocycles. The third-order valence-corrected chi connectivity index (χ3v) is 7.85. The van der Waals surface area contributed by atoms with Gasteiger partial charge in [0.2, 0.25) is 0 Å². The number of hydrogen-bond acceptors (Lipinski definition) is 5. The Bertz CT molecular complexity index is 709. The van der Waals surface area contributed by atoms with Crippen molar-refractivity contribution < 1.29 is 24.9 Å². The van der Waals surface area contributed by atoms with E-state index in [1.165, 1.54) is 0 Å². The first-order valence-electron chi connectivity index (χ1n) is 9.70. The highest BCUT2D eigenvalue weighted by atomic mass is 16.3. The maximum absolute atomic E-state index is 12.3. The molecule has 5 nitrogen and oxygen atoms in total. The minimum absolute atomic E-state index is 0.000763. The largest absolute Gasteiger partial charge is 0.393 e. The van der Waals surface area contributed by atoms with Crippen LogP contribution in [0.15, 0.2) is 23.8 Å². The van der Waals surface area contributed by atoms with Crippen LogP contribution in [0.5, 0.6) is 0 Å². The van der Waals surface area contributed by atoms with Crippen molar-refractivity contribution in [2.45, 2.75) is 51.2 Å². The Labute approximate surface area is 153 Å². The summed E-state index contributed by atoms with van der Waals surface area (Å²) in [6.07, 6.45) is 6.97. The predicted octanol–water partition coefficient (Wildman–Crippen LogP) is 1.41. The normalized spacial score (nSPS) is 49.9. The van der Waals surface area contributed by atoms with E-state index in [9.17, 15) is 24.9 Å². The van der Waals surface area contributed by atoms with Gasteiger partial charge < -0.3 is 15.3 Å². The van der Waals surface area contributed by atoms with Crippen LogP contribution in [0.1, 0.15) is 39.5 Å². The van der Waals surface area contributed by atoms with Crippen molar-refractivity contribution in [3.63, 3.8) is 0 Å². The van der Waals surface area contributed by atoms with Crippen molar-refractivity contribution in [2.75, 3.05) is 6.61 Å². The number of carbonyl (C=O) groups excluding carboxylic acids is 2. The highest BCUT2D eigenvalue weighted by Gasteiger charge is 2.65. The van der Waals surface area contributed by atoms with Crippen molar-refractivity contribution in [2.24, 2.45) is 35.0 Å². The van der Waals surface area contributed by atoms with Crippen molar-refractivity contribution >= 4 is 11.6 Å². The summed E-state index contributed by atoms with van der Waals surface area (Å²) in [5.74, 6) is -0.962.